The second-order valence-corrected chi connectivity index (χ2v) is 4.60. The van der Waals surface area contributed by atoms with Gasteiger partial charge < -0.3 is 0 Å². The van der Waals surface area contributed by atoms with Crippen LogP contribution in [0.3, 0.4) is 0 Å². The summed E-state index contributed by atoms with van der Waals surface area (Å²) in [6.07, 6.45) is 8.18. The molecule has 0 radical (unpaired) electrons. The van der Waals surface area contributed by atoms with Crippen LogP contribution in [0.4, 0.5) is 0 Å². The molecule has 0 bridgehead atoms. The first-order valence-corrected chi connectivity index (χ1v) is 4.65. The highest BCUT2D eigenvalue weighted by atomic mass is 14.7. The highest BCUT2D eigenvalue weighted by molar-refractivity contribution is 5.29. The van der Waals surface area contributed by atoms with E-state index in [1.165, 1.54) is 5.92 Å². The van der Waals surface area contributed by atoms with Crippen molar-refractivity contribution < 1.29 is 0 Å². The molecule has 4 aliphatic rings. The summed E-state index contributed by atoms with van der Waals surface area (Å²) in [5.41, 5.74) is 0. The molecule has 0 heterocycles. The maximum Gasteiger partial charge on any atom is -0.0165 e. The molecule has 2 unspecified atom stereocenters. The van der Waals surface area contributed by atoms with Gasteiger partial charge in [-0.2, -0.15) is 0 Å². The van der Waals surface area contributed by atoms with E-state index in [0.29, 0.717) is 0 Å². The Balaban J connectivity index is 1.93. The van der Waals surface area contributed by atoms with E-state index in [1.54, 1.807) is 12.8 Å². The average Bonchev–Trinajstić information content (AvgIpc) is 2.10. The van der Waals surface area contributed by atoms with E-state index in [2.05, 4.69) is 12.2 Å². The molecule has 0 aliphatic heterocycles. The van der Waals surface area contributed by atoms with Gasteiger partial charge in [-0.25, -0.2) is 0 Å². The average molecular weight is 132 g/mol. The Labute approximate surface area is 61.3 Å². The van der Waals surface area contributed by atoms with Gasteiger partial charge in [-0.1, -0.05) is 12.2 Å². The van der Waals surface area contributed by atoms with Crippen molar-refractivity contribution in [2.75, 3.05) is 0 Å². The molecule has 0 N–H and O–H groups in total. The lowest BCUT2D eigenvalue weighted by molar-refractivity contribution is -0.112. The van der Waals surface area contributed by atoms with Gasteiger partial charge in [0.1, 0.15) is 0 Å². The van der Waals surface area contributed by atoms with Crippen LogP contribution in [0.2, 0.25) is 0 Å². The Kier molecular flexibility index (Phi) is 0.508. The zero-order chi connectivity index (χ0) is 6.29. The minimum Gasteiger partial charge on any atom is -0.0845 e. The third kappa shape index (κ3) is 0.247. The van der Waals surface area contributed by atoms with Crippen molar-refractivity contribution in [3.05, 3.63) is 12.2 Å². The van der Waals surface area contributed by atoms with Crippen molar-refractivity contribution in [2.24, 2.45) is 35.5 Å². The van der Waals surface area contributed by atoms with Gasteiger partial charge in [-0.3, -0.25) is 0 Å². The number of rotatable bonds is 0. The molecule has 4 rings (SSSR count). The fourth-order valence-electron chi connectivity index (χ4n) is 4.40. The first-order chi connectivity index (χ1) is 4.97. The van der Waals surface area contributed by atoms with Crippen LogP contribution in [0.25, 0.3) is 0 Å². The van der Waals surface area contributed by atoms with E-state index in [0.717, 1.165) is 29.6 Å². The first kappa shape index (κ1) is 4.58. The number of hydrogen-bond acceptors (Lipinski definition) is 0. The Bertz CT molecular complexity index is 206. The molecule has 10 heavy (non-hydrogen) atoms. The number of allylic oxidation sites excluding steroid dienone is 2. The Morgan fingerprint density at radius 3 is 2.00 bits per heavy atom. The van der Waals surface area contributed by atoms with Gasteiger partial charge in [0.25, 0.3) is 0 Å². The molecule has 0 aromatic carbocycles. The predicted molar refractivity (Wildman–Crippen MR) is 39.3 cm³/mol. The lowest BCUT2D eigenvalue weighted by Crippen LogP contribution is -2.56. The molecule has 0 heteroatoms. The van der Waals surface area contributed by atoms with Crippen molar-refractivity contribution in [1.29, 1.82) is 0 Å². The largest absolute Gasteiger partial charge is 0.0845 e. The van der Waals surface area contributed by atoms with Gasteiger partial charge in [0.05, 0.1) is 0 Å². The maximum absolute atomic E-state index is 2.52. The fraction of sp³-hybridized carbons (Fsp3) is 0.800. The molecule has 0 saturated heterocycles. The SMILES string of the molecule is C1=C[C@H]2C3C4[C@@H](CC[C@@H]42)[C@H]13. The number of hydrogen-bond donors (Lipinski definition) is 0. The molecule has 4 aliphatic carbocycles. The van der Waals surface area contributed by atoms with E-state index in [4.69, 9.17) is 0 Å². The zero-order valence-electron chi connectivity index (χ0n) is 6.03. The molecule has 0 spiro atoms. The molecule has 3 fully saturated rings. The summed E-state index contributed by atoms with van der Waals surface area (Å²) in [4.78, 5) is 0. The van der Waals surface area contributed by atoms with Crippen LogP contribution >= 0.6 is 0 Å². The van der Waals surface area contributed by atoms with Crippen molar-refractivity contribution in [3.63, 3.8) is 0 Å². The van der Waals surface area contributed by atoms with Crippen LogP contribution in [0, 0.1) is 35.5 Å². The topological polar surface area (TPSA) is 0 Å². The highest BCUT2D eigenvalue weighted by Gasteiger charge is 2.69. The van der Waals surface area contributed by atoms with Crippen LogP contribution in [0.1, 0.15) is 12.8 Å². The Morgan fingerprint density at radius 2 is 1.40 bits per heavy atom. The van der Waals surface area contributed by atoms with Gasteiger partial charge in [0.2, 0.25) is 0 Å². The van der Waals surface area contributed by atoms with E-state index < -0.39 is 0 Å². The van der Waals surface area contributed by atoms with Crippen LogP contribution in [0.15, 0.2) is 12.2 Å². The van der Waals surface area contributed by atoms with E-state index in [-0.39, 0.29) is 0 Å². The van der Waals surface area contributed by atoms with Crippen molar-refractivity contribution in [2.45, 2.75) is 12.8 Å². The smallest absolute Gasteiger partial charge is 0.0165 e. The molecule has 0 amide bonds. The Hall–Kier alpha value is -0.260. The lowest BCUT2D eigenvalue weighted by atomic mass is 9.44. The van der Waals surface area contributed by atoms with E-state index in [9.17, 15) is 0 Å². The normalized spacial score (nSPS) is 72.8. The zero-order valence-corrected chi connectivity index (χ0v) is 6.03. The van der Waals surface area contributed by atoms with Crippen LogP contribution < -0.4 is 0 Å². The molecular weight excluding hydrogens is 120 g/mol. The van der Waals surface area contributed by atoms with Crippen molar-refractivity contribution in [1.82, 2.24) is 0 Å². The lowest BCUT2D eigenvalue weighted by Gasteiger charge is -2.59. The summed E-state index contributed by atoms with van der Waals surface area (Å²) in [7, 11) is 0. The monoisotopic (exact) mass is 132 g/mol. The summed E-state index contributed by atoms with van der Waals surface area (Å²) in [5, 5.41) is 0. The summed E-state index contributed by atoms with van der Waals surface area (Å²) < 4.78 is 0. The van der Waals surface area contributed by atoms with Crippen LogP contribution in [0.5, 0.6) is 0 Å². The summed E-state index contributed by atoms with van der Waals surface area (Å²) >= 11 is 0. The summed E-state index contributed by atoms with van der Waals surface area (Å²) in [6.45, 7) is 0. The summed E-state index contributed by atoms with van der Waals surface area (Å²) in [6, 6.07) is 0. The highest BCUT2D eigenvalue weighted by Crippen LogP contribution is 2.74. The molecule has 3 saturated carbocycles. The van der Waals surface area contributed by atoms with Gasteiger partial charge in [-0.05, 0) is 48.3 Å². The first-order valence-electron chi connectivity index (χ1n) is 4.65. The fourth-order valence-corrected chi connectivity index (χ4v) is 4.40. The third-order valence-corrected chi connectivity index (χ3v) is 4.70. The van der Waals surface area contributed by atoms with Crippen molar-refractivity contribution >= 4 is 0 Å². The van der Waals surface area contributed by atoms with E-state index >= 15 is 0 Å². The quantitative estimate of drug-likeness (QED) is 0.443. The third-order valence-electron chi connectivity index (χ3n) is 4.70. The predicted octanol–water partition coefficient (Wildman–Crippen LogP) is 2.07. The Morgan fingerprint density at radius 1 is 0.800 bits per heavy atom. The molecule has 0 aromatic heterocycles. The van der Waals surface area contributed by atoms with Crippen molar-refractivity contribution in [3.8, 4) is 0 Å². The number of fused-ring (bicyclic) bond motifs is 2. The second kappa shape index (κ2) is 1.11. The minimum atomic E-state index is 1.06. The standard InChI is InChI=1S/C10H12/c1-2-6-8-4-3-7-5(1)9(6)10(7)8/h1-2,5-10H,3-4H2/t5-,6+,7-,8+,9?,10?. The maximum atomic E-state index is 2.52. The molecule has 0 nitrogen and oxygen atoms in total. The summed E-state index contributed by atoms with van der Waals surface area (Å²) in [5.74, 6) is 6.82. The molecular formula is C10H12. The second-order valence-electron chi connectivity index (χ2n) is 4.60. The molecule has 52 valence electrons. The van der Waals surface area contributed by atoms with Gasteiger partial charge in [-0.15, -0.1) is 0 Å². The van der Waals surface area contributed by atoms with E-state index in [1.807, 2.05) is 0 Å². The minimum absolute atomic E-state index is 1.06. The molecule has 0 aromatic rings. The van der Waals surface area contributed by atoms with Gasteiger partial charge in [0.15, 0.2) is 0 Å². The van der Waals surface area contributed by atoms with Crippen LogP contribution in [-0.2, 0) is 0 Å². The van der Waals surface area contributed by atoms with Gasteiger partial charge >= 0.3 is 0 Å². The van der Waals surface area contributed by atoms with Gasteiger partial charge in [0, 0.05) is 0 Å². The molecule has 6 atom stereocenters. The van der Waals surface area contributed by atoms with Crippen LogP contribution in [-0.4, -0.2) is 0 Å².